The fraction of sp³-hybridized carbons (Fsp3) is 0.167. The monoisotopic (exact) mass is 266 g/mol. The highest BCUT2D eigenvalue weighted by Gasteiger charge is 2.14. The number of benzene rings is 1. The smallest absolute Gasteiger partial charge is 0.123 e. The van der Waals surface area contributed by atoms with E-state index in [1.807, 2.05) is 0 Å². The Labute approximate surface area is 109 Å². The minimum Gasteiger partial charge on any atom is -0.271 e. The molecule has 0 aliphatic heterocycles. The van der Waals surface area contributed by atoms with Gasteiger partial charge in [-0.1, -0.05) is 11.6 Å². The van der Waals surface area contributed by atoms with Gasteiger partial charge in [0.15, 0.2) is 0 Å². The Morgan fingerprint density at radius 2 is 2.22 bits per heavy atom. The molecule has 0 spiro atoms. The predicted octanol–water partition coefficient (Wildman–Crippen LogP) is 2.02. The van der Waals surface area contributed by atoms with Gasteiger partial charge in [0, 0.05) is 11.2 Å². The van der Waals surface area contributed by atoms with Crippen molar-refractivity contribution < 1.29 is 4.39 Å². The lowest BCUT2D eigenvalue weighted by molar-refractivity contribution is 0.534. The van der Waals surface area contributed by atoms with Crippen LogP contribution in [0.25, 0.3) is 0 Å². The Balaban J connectivity index is 2.23. The van der Waals surface area contributed by atoms with Gasteiger partial charge in [0.05, 0.1) is 11.7 Å². The lowest BCUT2D eigenvalue weighted by Gasteiger charge is -2.15. The number of rotatable bonds is 4. The van der Waals surface area contributed by atoms with Gasteiger partial charge >= 0.3 is 0 Å². The second-order valence-electron chi connectivity index (χ2n) is 3.79. The number of aromatic nitrogens is 2. The quantitative estimate of drug-likeness (QED) is 0.656. The summed E-state index contributed by atoms with van der Waals surface area (Å²) in [5.74, 6) is 5.17. The predicted molar refractivity (Wildman–Crippen MR) is 67.2 cm³/mol. The standard InChI is InChI=1S/C12H12ClFN4/c13-10-2-1-9(14)5-8(10)6-12(18-15)11-3-4-16-7-17-11/h1-5,7,12,18H,6,15H2. The number of hydrazine groups is 1. The molecule has 0 radical (unpaired) electrons. The molecule has 0 aliphatic rings. The summed E-state index contributed by atoms with van der Waals surface area (Å²) in [7, 11) is 0. The van der Waals surface area contributed by atoms with Crippen molar-refractivity contribution in [3.8, 4) is 0 Å². The summed E-state index contributed by atoms with van der Waals surface area (Å²) in [5.41, 5.74) is 4.05. The number of halogens is 2. The normalized spacial score (nSPS) is 12.4. The first-order valence-corrected chi connectivity index (χ1v) is 5.74. The molecule has 2 rings (SSSR count). The van der Waals surface area contributed by atoms with Crippen molar-refractivity contribution in [3.63, 3.8) is 0 Å². The van der Waals surface area contributed by atoms with Gasteiger partial charge in [-0.2, -0.15) is 0 Å². The minimum atomic E-state index is -0.326. The van der Waals surface area contributed by atoms with Crippen LogP contribution >= 0.6 is 11.6 Å². The average molecular weight is 267 g/mol. The number of nitrogens with one attached hydrogen (secondary N) is 1. The van der Waals surface area contributed by atoms with E-state index >= 15 is 0 Å². The molecule has 0 saturated carbocycles. The van der Waals surface area contributed by atoms with Gasteiger partial charge in [0.25, 0.3) is 0 Å². The Bertz CT molecular complexity index is 521. The molecule has 6 heteroatoms. The van der Waals surface area contributed by atoms with Crippen molar-refractivity contribution in [2.24, 2.45) is 5.84 Å². The molecule has 0 saturated heterocycles. The van der Waals surface area contributed by atoms with Crippen LogP contribution < -0.4 is 11.3 Å². The molecule has 18 heavy (non-hydrogen) atoms. The largest absolute Gasteiger partial charge is 0.271 e. The molecule has 1 aromatic carbocycles. The average Bonchev–Trinajstić information content (AvgIpc) is 2.41. The third-order valence-corrected chi connectivity index (χ3v) is 2.96. The summed E-state index contributed by atoms with van der Waals surface area (Å²) in [6.45, 7) is 0. The van der Waals surface area contributed by atoms with E-state index in [4.69, 9.17) is 17.4 Å². The van der Waals surface area contributed by atoms with Crippen LogP contribution in [0.5, 0.6) is 0 Å². The summed E-state index contributed by atoms with van der Waals surface area (Å²) < 4.78 is 13.2. The topological polar surface area (TPSA) is 63.8 Å². The molecule has 0 bridgehead atoms. The van der Waals surface area contributed by atoms with Crippen molar-refractivity contribution in [3.05, 3.63) is 58.9 Å². The molecular weight excluding hydrogens is 255 g/mol. The van der Waals surface area contributed by atoms with Crippen LogP contribution in [0.2, 0.25) is 5.02 Å². The van der Waals surface area contributed by atoms with Crippen molar-refractivity contribution >= 4 is 11.6 Å². The van der Waals surface area contributed by atoms with E-state index in [0.717, 1.165) is 5.69 Å². The first-order chi connectivity index (χ1) is 8.70. The SMILES string of the molecule is NNC(Cc1cc(F)ccc1Cl)c1ccncn1. The molecular formula is C12H12ClFN4. The zero-order valence-electron chi connectivity index (χ0n) is 9.48. The summed E-state index contributed by atoms with van der Waals surface area (Å²) >= 11 is 6.02. The highest BCUT2D eigenvalue weighted by atomic mass is 35.5. The maximum atomic E-state index is 13.2. The Morgan fingerprint density at radius 3 is 2.89 bits per heavy atom. The number of nitrogens with zero attached hydrogens (tertiary/aromatic N) is 2. The van der Waals surface area contributed by atoms with Gasteiger partial charge in [-0.25, -0.2) is 14.4 Å². The molecule has 3 N–H and O–H groups in total. The maximum Gasteiger partial charge on any atom is 0.123 e. The van der Waals surface area contributed by atoms with Crippen LogP contribution in [0.1, 0.15) is 17.3 Å². The molecule has 1 unspecified atom stereocenters. The van der Waals surface area contributed by atoms with Crippen LogP contribution in [0.4, 0.5) is 4.39 Å². The van der Waals surface area contributed by atoms with E-state index in [-0.39, 0.29) is 11.9 Å². The highest BCUT2D eigenvalue weighted by molar-refractivity contribution is 6.31. The molecule has 1 aromatic heterocycles. The second kappa shape index (κ2) is 5.86. The van der Waals surface area contributed by atoms with E-state index in [0.29, 0.717) is 17.0 Å². The highest BCUT2D eigenvalue weighted by Crippen LogP contribution is 2.22. The third kappa shape index (κ3) is 3.01. The number of nitrogens with two attached hydrogens (primary N) is 1. The van der Waals surface area contributed by atoms with Crippen molar-refractivity contribution in [1.82, 2.24) is 15.4 Å². The Morgan fingerprint density at radius 1 is 1.39 bits per heavy atom. The molecule has 2 aromatic rings. The molecule has 94 valence electrons. The molecule has 0 aliphatic carbocycles. The summed E-state index contributed by atoms with van der Waals surface area (Å²) in [6.07, 6.45) is 3.51. The molecule has 0 amide bonds. The summed E-state index contributed by atoms with van der Waals surface area (Å²) in [5, 5.41) is 0.505. The van der Waals surface area contributed by atoms with Crippen LogP contribution in [0.3, 0.4) is 0 Å². The zero-order chi connectivity index (χ0) is 13.0. The maximum absolute atomic E-state index is 13.2. The van der Waals surface area contributed by atoms with Gasteiger partial charge in [-0.05, 0) is 36.2 Å². The summed E-state index contributed by atoms with van der Waals surface area (Å²) in [4.78, 5) is 7.94. The molecule has 4 nitrogen and oxygen atoms in total. The number of hydrogen-bond acceptors (Lipinski definition) is 4. The first-order valence-electron chi connectivity index (χ1n) is 5.36. The van der Waals surface area contributed by atoms with Crippen LogP contribution in [0.15, 0.2) is 36.8 Å². The van der Waals surface area contributed by atoms with Crippen LogP contribution in [-0.4, -0.2) is 9.97 Å². The molecule has 1 heterocycles. The Kier molecular flexibility index (Phi) is 4.19. The van der Waals surface area contributed by atoms with Crippen molar-refractivity contribution in [1.29, 1.82) is 0 Å². The van der Waals surface area contributed by atoms with E-state index in [2.05, 4.69) is 15.4 Å². The van der Waals surface area contributed by atoms with E-state index in [9.17, 15) is 4.39 Å². The fourth-order valence-corrected chi connectivity index (χ4v) is 1.87. The van der Waals surface area contributed by atoms with E-state index in [1.54, 1.807) is 12.3 Å². The molecule has 0 fully saturated rings. The summed E-state index contributed by atoms with van der Waals surface area (Å²) in [6, 6.07) is 5.75. The van der Waals surface area contributed by atoms with Gasteiger partial charge in [-0.3, -0.25) is 11.3 Å². The van der Waals surface area contributed by atoms with E-state index < -0.39 is 0 Å². The van der Waals surface area contributed by atoms with E-state index in [1.165, 1.54) is 24.5 Å². The van der Waals surface area contributed by atoms with Gasteiger partial charge in [0.1, 0.15) is 12.1 Å². The lowest BCUT2D eigenvalue weighted by Crippen LogP contribution is -2.30. The van der Waals surface area contributed by atoms with Gasteiger partial charge < -0.3 is 0 Å². The van der Waals surface area contributed by atoms with Gasteiger partial charge in [0.2, 0.25) is 0 Å². The number of hydrogen-bond donors (Lipinski definition) is 2. The first kappa shape index (κ1) is 12.9. The van der Waals surface area contributed by atoms with Crippen LogP contribution in [-0.2, 0) is 6.42 Å². The van der Waals surface area contributed by atoms with Crippen LogP contribution in [0, 0.1) is 5.82 Å². The lowest BCUT2D eigenvalue weighted by atomic mass is 10.0. The molecule has 1 atom stereocenters. The fourth-order valence-electron chi connectivity index (χ4n) is 1.68. The Hall–Kier alpha value is -1.56. The zero-order valence-corrected chi connectivity index (χ0v) is 10.2. The van der Waals surface area contributed by atoms with Crippen molar-refractivity contribution in [2.75, 3.05) is 0 Å². The second-order valence-corrected chi connectivity index (χ2v) is 4.20. The minimum absolute atomic E-state index is 0.243. The third-order valence-electron chi connectivity index (χ3n) is 2.59. The van der Waals surface area contributed by atoms with Gasteiger partial charge in [-0.15, -0.1) is 0 Å². The van der Waals surface area contributed by atoms with Crippen molar-refractivity contribution in [2.45, 2.75) is 12.5 Å².